The van der Waals surface area contributed by atoms with Gasteiger partial charge < -0.3 is 0 Å². The van der Waals surface area contributed by atoms with Gasteiger partial charge in [-0.3, -0.25) is 4.79 Å². The molecule has 0 bridgehead atoms. The number of thiocarbonyl (C=S) groups is 1. The number of halogens is 3. The van der Waals surface area contributed by atoms with E-state index in [-0.39, 0.29) is 19.7 Å². The van der Waals surface area contributed by atoms with Crippen LogP contribution in [0.2, 0.25) is 0 Å². The predicted molar refractivity (Wildman–Crippen MR) is 98.1 cm³/mol. The van der Waals surface area contributed by atoms with Crippen LogP contribution in [0.25, 0.3) is 6.08 Å². The molecular weight excluding hydrogens is 421 g/mol. The topological polar surface area (TPSA) is 66.5 Å². The second-order valence-electron chi connectivity index (χ2n) is 5.22. The summed E-state index contributed by atoms with van der Waals surface area (Å²) in [6.45, 7) is 0. The molecule has 2 aromatic carbocycles. The Morgan fingerprint density at radius 3 is 2.26 bits per heavy atom. The number of nitrogens with zero attached hydrogens (tertiary/aromatic N) is 1. The maximum absolute atomic E-state index is 13.3. The summed E-state index contributed by atoms with van der Waals surface area (Å²) >= 11 is 5.73. The highest BCUT2D eigenvalue weighted by Crippen LogP contribution is 2.32. The highest BCUT2D eigenvalue weighted by atomic mass is 32.2. The number of hydrogen-bond donors (Lipinski definition) is 1. The third kappa shape index (κ3) is 4.05. The van der Waals surface area contributed by atoms with E-state index in [1.807, 2.05) is 0 Å². The van der Waals surface area contributed by atoms with Crippen LogP contribution in [0.4, 0.5) is 13.2 Å². The lowest BCUT2D eigenvalue weighted by Gasteiger charge is -2.15. The zero-order valence-corrected chi connectivity index (χ0v) is 15.6. The predicted octanol–water partition coefficient (Wildman–Crippen LogP) is 3.20. The molecule has 0 radical (unpaired) electrons. The molecule has 2 aromatic rings. The molecular formula is C16H9F3N2O3S3. The molecule has 5 nitrogen and oxygen atoms in total. The van der Waals surface area contributed by atoms with Gasteiger partial charge in [-0.1, -0.05) is 42.2 Å². The number of carbonyl (C=O) groups is 1. The maximum Gasteiger partial charge on any atom is 0.281 e. The van der Waals surface area contributed by atoms with E-state index in [1.165, 1.54) is 24.3 Å². The van der Waals surface area contributed by atoms with E-state index >= 15 is 0 Å². The summed E-state index contributed by atoms with van der Waals surface area (Å²) in [7, 11) is -4.07. The second kappa shape index (κ2) is 7.43. The Hall–Kier alpha value is -2.21. The van der Waals surface area contributed by atoms with Crippen LogP contribution in [0.1, 0.15) is 5.56 Å². The van der Waals surface area contributed by atoms with Gasteiger partial charge in [-0.15, -0.1) is 4.83 Å². The van der Waals surface area contributed by atoms with Gasteiger partial charge in [-0.05, 0) is 35.9 Å². The van der Waals surface area contributed by atoms with Gasteiger partial charge in [-0.2, -0.15) is 0 Å². The fourth-order valence-electron chi connectivity index (χ4n) is 2.13. The molecule has 140 valence electrons. The van der Waals surface area contributed by atoms with E-state index in [0.717, 1.165) is 17.8 Å². The van der Waals surface area contributed by atoms with Crippen molar-refractivity contribution in [1.29, 1.82) is 0 Å². The molecule has 11 heteroatoms. The number of nitrogens with one attached hydrogen (secondary N) is 1. The number of thioether (sulfide) groups is 1. The van der Waals surface area contributed by atoms with Crippen molar-refractivity contribution >= 4 is 50.3 Å². The van der Waals surface area contributed by atoms with Gasteiger partial charge in [0.1, 0.15) is 0 Å². The van der Waals surface area contributed by atoms with E-state index in [1.54, 1.807) is 6.07 Å². The zero-order valence-electron chi connectivity index (χ0n) is 13.1. The summed E-state index contributed by atoms with van der Waals surface area (Å²) in [6.07, 6.45) is 1.09. The fourth-order valence-corrected chi connectivity index (χ4v) is 4.46. The SMILES string of the molecule is O=C1/C(=C\c2cc(F)c(F)c(F)c2)SC(=S)N1NS(=O)(=O)c1ccccc1. The van der Waals surface area contributed by atoms with Crippen molar-refractivity contribution in [3.05, 3.63) is 70.4 Å². The fraction of sp³-hybridized carbons (Fsp3) is 0. The average molecular weight is 430 g/mol. The lowest BCUT2D eigenvalue weighted by molar-refractivity contribution is -0.123. The molecule has 1 aliphatic heterocycles. The van der Waals surface area contributed by atoms with E-state index in [0.29, 0.717) is 17.1 Å². The van der Waals surface area contributed by atoms with Crippen molar-refractivity contribution in [1.82, 2.24) is 9.84 Å². The van der Waals surface area contributed by atoms with Gasteiger partial charge in [-0.25, -0.2) is 26.6 Å². The average Bonchev–Trinajstić information content (AvgIpc) is 2.87. The van der Waals surface area contributed by atoms with Crippen LogP contribution in [0.15, 0.2) is 52.3 Å². The van der Waals surface area contributed by atoms with Crippen LogP contribution >= 0.6 is 24.0 Å². The Morgan fingerprint density at radius 2 is 1.67 bits per heavy atom. The van der Waals surface area contributed by atoms with Crippen molar-refractivity contribution in [2.24, 2.45) is 0 Å². The molecule has 0 unspecified atom stereocenters. The summed E-state index contributed by atoms with van der Waals surface area (Å²) in [5.41, 5.74) is -0.113. The first-order valence-corrected chi connectivity index (χ1v) is 9.90. The molecule has 1 amide bonds. The van der Waals surface area contributed by atoms with Gasteiger partial charge in [0.15, 0.2) is 21.8 Å². The summed E-state index contributed by atoms with van der Waals surface area (Å²) in [4.78, 5) is 14.3. The van der Waals surface area contributed by atoms with Crippen LogP contribution in [-0.2, 0) is 14.8 Å². The summed E-state index contributed by atoms with van der Waals surface area (Å²) in [5.74, 6) is -5.28. The molecule has 3 rings (SSSR count). The van der Waals surface area contributed by atoms with Gasteiger partial charge in [0.25, 0.3) is 15.9 Å². The molecule has 0 atom stereocenters. The van der Waals surface area contributed by atoms with Crippen LogP contribution in [-0.4, -0.2) is 23.7 Å². The molecule has 0 spiro atoms. The van der Waals surface area contributed by atoms with Crippen LogP contribution in [0.5, 0.6) is 0 Å². The van der Waals surface area contributed by atoms with Crippen molar-refractivity contribution < 1.29 is 26.4 Å². The second-order valence-corrected chi connectivity index (χ2v) is 8.56. The molecule has 0 aromatic heterocycles. The van der Waals surface area contributed by atoms with Crippen molar-refractivity contribution in [2.45, 2.75) is 4.90 Å². The molecule has 1 N–H and O–H groups in total. The first-order valence-electron chi connectivity index (χ1n) is 7.19. The normalized spacial score (nSPS) is 16.4. The Labute approximate surface area is 161 Å². The van der Waals surface area contributed by atoms with Gasteiger partial charge >= 0.3 is 0 Å². The number of hydrogen-bond acceptors (Lipinski definition) is 5. The Kier molecular flexibility index (Phi) is 5.38. The van der Waals surface area contributed by atoms with Crippen LogP contribution in [0.3, 0.4) is 0 Å². The third-order valence-electron chi connectivity index (χ3n) is 3.36. The number of sulfonamides is 1. The lowest BCUT2D eigenvalue weighted by atomic mass is 10.2. The maximum atomic E-state index is 13.3. The molecule has 1 aliphatic rings. The molecule has 27 heavy (non-hydrogen) atoms. The first-order chi connectivity index (χ1) is 12.7. The molecule has 1 heterocycles. The molecule has 0 aliphatic carbocycles. The first kappa shape index (κ1) is 19.5. The number of amides is 1. The smallest absolute Gasteiger partial charge is 0.267 e. The number of rotatable bonds is 4. The summed E-state index contributed by atoms with van der Waals surface area (Å²) in [6, 6.07) is 8.73. The minimum absolute atomic E-state index is 0.0780. The third-order valence-corrected chi connectivity index (χ3v) is 5.98. The van der Waals surface area contributed by atoms with E-state index < -0.39 is 33.4 Å². The number of benzene rings is 2. The van der Waals surface area contributed by atoms with Crippen LogP contribution < -0.4 is 4.83 Å². The zero-order chi connectivity index (χ0) is 19.8. The standard InChI is InChI=1S/C16H9F3N2O3S3/c17-11-6-9(7-12(18)14(11)19)8-13-15(22)21(16(25)26-13)20-27(23,24)10-4-2-1-3-5-10/h1-8,20H/b13-8+. The summed E-state index contributed by atoms with van der Waals surface area (Å²) < 4.78 is 64.2. The van der Waals surface area contributed by atoms with Crippen molar-refractivity contribution in [2.75, 3.05) is 0 Å². The number of hydrazine groups is 1. The highest BCUT2D eigenvalue weighted by Gasteiger charge is 2.35. The molecule has 0 saturated carbocycles. The van der Waals surface area contributed by atoms with Gasteiger partial charge in [0.05, 0.1) is 9.80 Å². The highest BCUT2D eigenvalue weighted by molar-refractivity contribution is 8.26. The van der Waals surface area contributed by atoms with Gasteiger partial charge in [0, 0.05) is 0 Å². The van der Waals surface area contributed by atoms with Gasteiger partial charge in [0.2, 0.25) is 0 Å². The Bertz CT molecular complexity index is 1050. The monoisotopic (exact) mass is 430 g/mol. The van der Waals surface area contributed by atoms with E-state index in [2.05, 4.69) is 4.83 Å². The largest absolute Gasteiger partial charge is 0.281 e. The Morgan fingerprint density at radius 1 is 1.07 bits per heavy atom. The van der Waals surface area contributed by atoms with Crippen molar-refractivity contribution in [3.8, 4) is 0 Å². The minimum Gasteiger partial charge on any atom is -0.267 e. The van der Waals surface area contributed by atoms with E-state index in [4.69, 9.17) is 12.2 Å². The molecule has 1 fully saturated rings. The number of carbonyl (C=O) groups excluding carboxylic acids is 1. The Balaban J connectivity index is 1.87. The van der Waals surface area contributed by atoms with Crippen LogP contribution in [0, 0.1) is 17.5 Å². The molecule has 1 saturated heterocycles. The minimum atomic E-state index is -4.07. The van der Waals surface area contributed by atoms with Crippen molar-refractivity contribution in [3.63, 3.8) is 0 Å². The quantitative estimate of drug-likeness (QED) is 0.459. The lowest BCUT2D eigenvalue weighted by Crippen LogP contribution is -2.44. The van der Waals surface area contributed by atoms with E-state index in [9.17, 15) is 26.4 Å². The summed E-state index contributed by atoms with van der Waals surface area (Å²) in [5, 5.41) is 0.643.